The molecule has 0 radical (unpaired) electrons. The molecule has 0 heterocycles. The molecule has 102 heavy (non-hydrogen) atoms. The van der Waals surface area contributed by atoms with E-state index in [1.807, 2.05) is 53.7 Å². The van der Waals surface area contributed by atoms with Crippen LogP contribution in [-0.4, -0.2) is 197 Å². The first-order chi connectivity index (χ1) is 45.6. The van der Waals surface area contributed by atoms with E-state index in [0.717, 1.165) is 7.11 Å². The lowest BCUT2D eigenvalue weighted by Gasteiger charge is -2.38. The van der Waals surface area contributed by atoms with Crippen molar-refractivity contribution >= 4 is 77.9 Å². The fourth-order valence-corrected chi connectivity index (χ4v) is 9.68. The number of allylic oxidation sites excluding steroid dienone is 1. The molecule has 24 nitrogen and oxygen atoms in total. The standard InChI is InChI=1S/C15H29NO2Si.C15H30O3Si.C11H18O4.2C9H16O3.C6H14NO3P.C6H12O2.C3H4O.CH4O/c1-9-13(11-10-12-14(17)16(5)6)18-19(7,8)15(2,3)4;1-10-12(11-13(16)17-14(2,3)4)18-19(8,9)15(5,6)7;1-6-9(14-8(2)12)7-10(13)15-11(3,4)5;2*1-5-7(10)6-8(11)12-9(2,3)4;1-4-10-11(3,9)5-6(8)7-2;1-5(7)8-6(2,3)4;1-2-3-4;1-2/h9-10,12-13H,1,11H2,2-8H3;10,12H,1,11H2,2-9H3;6,9H,1,7H2,2-5H3;2*5,7,10H,1,6H2,2-4H3;4-5H2,1-3H3,(H,7,8);1-4H3;2-3H,1H2;2H,1H3/b12-10+;;;;;;;;/t13-;12-;9-;7-;;;;;/m0010...../s1. The van der Waals surface area contributed by atoms with E-state index in [1.54, 1.807) is 100 Å². The maximum Gasteiger partial charge on any atom is 0.310 e. The zero-order valence-electron chi connectivity index (χ0n) is 69.3. The van der Waals surface area contributed by atoms with E-state index in [9.17, 15) is 42.9 Å². The topological polar surface area (TPSA) is 330 Å². The summed E-state index contributed by atoms with van der Waals surface area (Å²) in [6.07, 6.45) is 11.2. The number of nitrogens with zero attached hydrogens (tertiary/aromatic N) is 1. The van der Waals surface area contributed by atoms with Crippen molar-refractivity contribution in [2.75, 3.05) is 47.7 Å². The summed E-state index contributed by atoms with van der Waals surface area (Å²) >= 11 is 0. The predicted octanol–water partition coefficient (Wildman–Crippen LogP) is 14.3. The van der Waals surface area contributed by atoms with Gasteiger partial charge in [0, 0.05) is 48.8 Å². The molecular formula is C75H143N2O22PSi2. The van der Waals surface area contributed by atoms with Crippen molar-refractivity contribution < 1.29 is 105 Å². The average molecular weight is 1510 g/mol. The summed E-state index contributed by atoms with van der Waals surface area (Å²) in [6.45, 7) is 76.3. The van der Waals surface area contributed by atoms with Crippen LogP contribution < -0.4 is 5.32 Å². The molecule has 0 spiro atoms. The summed E-state index contributed by atoms with van der Waals surface area (Å²) in [6, 6.07) is 0. The number of amides is 2. The number of aliphatic hydroxyl groups excluding tert-OH is 3. The lowest BCUT2D eigenvalue weighted by atomic mass is 10.2. The molecule has 0 fully saturated rings. The van der Waals surface area contributed by atoms with Gasteiger partial charge in [-0.25, -0.2) is 0 Å². The number of carbonyl (C=O) groups is 9. The van der Waals surface area contributed by atoms with E-state index < -0.39 is 88.6 Å². The molecule has 0 bridgehead atoms. The molecule has 0 rings (SSSR count). The molecule has 0 saturated carbocycles. The zero-order valence-corrected chi connectivity index (χ0v) is 72.2. The van der Waals surface area contributed by atoms with Gasteiger partial charge in [0.05, 0.1) is 56.7 Å². The number of likely N-dealkylation sites (N-methyl/N-ethyl adjacent to an activating group) is 1. The Balaban J connectivity index is -0.000000141. The van der Waals surface area contributed by atoms with Crippen molar-refractivity contribution in [2.45, 2.75) is 293 Å². The maximum absolute atomic E-state index is 11.8. The van der Waals surface area contributed by atoms with Gasteiger partial charge < -0.3 is 67.3 Å². The maximum atomic E-state index is 11.8. The Hall–Kier alpha value is -5.97. The third kappa shape index (κ3) is 83.0. The molecule has 6 atom stereocenters. The fraction of sp³-hybridized carbons (Fsp3) is 0.693. The normalized spacial score (nSPS) is 13.4. The second-order valence-corrected chi connectivity index (χ2v) is 42.8. The van der Waals surface area contributed by atoms with Crippen LogP contribution in [0.5, 0.6) is 0 Å². The van der Waals surface area contributed by atoms with E-state index in [4.69, 9.17) is 61.9 Å². The number of ether oxygens (including phenoxy) is 6. The van der Waals surface area contributed by atoms with Gasteiger partial charge in [-0.2, -0.15) is 0 Å². The molecule has 0 aromatic carbocycles. The van der Waals surface area contributed by atoms with E-state index in [1.165, 1.54) is 51.9 Å². The molecule has 0 saturated heterocycles. The van der Waals surface area contributed by atoms with Crippen LogP contribution in [0.25, 0.3) is 0 Å². The number of aldehydes is 1. The van der Waals surface area contributed by atoms with Crippen molar-refractivity contribution in [3.05, 3.63) is 88.1 Å². The summed E-state index contributed by atoms with van der Waals surface area (Å²) in [4.78, 5) is 98.9. The van der Waals surface area contributed by atoms with Gasteiger partial charge in [0.1, 0.15) is 46.6 Å². The molecule has 0 aliphatic rings. The van der Waals surface area contributed by atoms with Gasteiger partial charge >= 0.3 is 35.8 Å². The van der Waals surface area contributed by atoms with Crippen LogP contribution in [0.1, 0.15) is 198 Å². The first-order valence-electron chi connectivity index (χ1n) is 33.5. The second kappa shape index (κ2) is 56.4. The van der Waals surface area contributed by atoms with E-state index >= 15 is 0 Å². The summed E-state index contributed by atoms with van der Waals surface area (Å²) in [5, 5.41) is 27.7. The van der Waals surface area contributed by atoms with Crippen LogP contribution in [-0.2, 0) is 89.5 Å². The average Bonchev–Trinajstić information content (AvgIpc) is 0.837. The van der Waals surface area contributed by atoms with Crippen LogP contribution >= 0.6 is 7.37 Å². The Morgan fingerprint density at radius 1 is 0.510 bits per heavy atom. The molecule has 0 aromatic rings. The Labute approximate surface area is 619 Å². The van der Waals surface area contributed by atoms with Gasteiger partial charge in [-0.05, 0) is 166 Å². The van der Waals surface area contributed by atoms with Crippen LogP contribution in [0.4, 0.5) is 0 Å². The highest BCUT2D eigenvalue weighted by molar-refractivity contribution is 7.59. The molecule has 598 valence electrons. The van der Waals surface area contributed by atoms with Crippen molar-refractivity contribution in [1.82, 2.24) is 10.2 Å². The predicted molar refractivity (Wildman–Crippen MR) is 417 cm³/mol. The van der Waals surface area contributed by atoms with E-state index in [-0.39, 0.29) is 83.5 Å². The Kier molecular flexibility index (Phi) is 63.3. The molecule has 0 aliphatic heterocycles. The summed E-state index contributed by atoms with van der Waals surface area (Å²) < 4.78 is 58.5. The van der Waals surface area contributed by atoms with Gasteiger partial charge in [-0.1, -0.05) is 91.2 Å². The molecule has 0 aliphatic carbocycles. The molecule has 0 aromatic heterocycles. The first-order valence-corrected chi connectivity index (χ1v) is 41.5. The van der Waals surface area contributed by atoms with Crippen LogP contribution in [0.2, 0.25) is 36.3 Å². The van der Waals surface area contributed by atoms with Gasteiger partial charge in [0.15, 0.2) is 16.6 Å². The van der Waals surface area contributed by atoms with Gasteiger partial charge in [-0.15, -0.1) is 26.3 Å². The number of hydrogen-bond donors (Lipinski definition) is 4. The number of aliphatic hydroxyl groups is 3. The number of carbonyl (C=O) groups excluding carboxylic acids is 9. The van der Waals surface area contributed by atoms with Gasteiger partial charge in [-0.3, -0.25) is 47.7 Å². The first kappa shape index (κ1) is 114. The fourth-order valence-electron chi connectivity index (χ4n) is 5.77. The summed E-state index contributed by atoms with van der Waals surface area (Å²) in [5.74, 6) is -2.38. The molecule has 27 heteroatoms. The van der Waals surface area contributed by atoms with Crippen LogP contribution in [0.3, 0.4) is 0 Å². The molecular weight excluding hydrogens is 1370 g/mol. The monoisotopic (exact) mass is 1510 g/mol. The van der Waals surface area contributed by atoms with E-state index in [0.29, 0.717) is 19.3 Å². The minimum absolute atomic E-state index is 0.000347. The smallest absolute Gasteiger partial charge is 0.310 e. The Morgan fingerprint density at radius 2 is 0.804 bits per heavy atom. The van der Waals surface area contributed by atoms with Crippen LogP contribution in [0.15, 0.2) is 88.1 Å². The summed E-state index contributed by atoms with van der Waals surface area (Å²) in [7, 11) is -0.371. The van der Waals surface area contributed by atoms with Crippen molar-refractivity contribution in [2.24, 2.45) is 0 Å². The number of nitrogens with one attached hydrogen (secondary N) is 1. The third-order valence-corrected chi connectivity index (χ3v) is 22.7. The Bertz CT molecular complexity index is 2510. The van der Waals surface area contributed by atoms with Crippen molar-refractivity contribution in [1.29, 1.82) is 0 Å². The van der Waals surface area contributed by atoms with Crippen molar-refractivity contribution in [3.63, 3.8) is 0 Å². The van der Waals surface area contributed by atoms with Gasteiger partial charge in [0.2, 0.25) is 19.2 Å². The largest absolute Gasteiger partial charge is 0.460 e. The quantitative estimate of drug-likeness (QED) is 0.0119. The lowest BCUT2D eigenvalue weighted by molar-refractivity contribution is -0.160. The number of rotatable bonds is 26. The number of hydrogen-bond acceptors (Lipinski definition) is 22. The highest BCUT2D eigenvalue weighted by Crippen LogP contribution is 2.42. The SMILES string of the molecule is C=CC(O)CC(=O)OC(C)(C)C.C=CC=O.C=C[C@@H](C/C=C/C(=O)N(C)C)O[Si](C)(C)C(C)(C)C.C=C[C@@H](CC(=O)OC(C)(C)C)O[Si](C)(C)C(C)(C)C.C=C[C@H](CC(=O)OC(C)(C)C)OC(C)=O.C=C[C@H](O)CC(=O)OC(C)(C)C.CC(=O)OC(C)(C)C.CCOP(C)(=O)CC(=O)NC.CO. The molecule has 4 N–H and O–H groups in total. The minimum Gasteiger partial charge on any atom is -0.460 e. The van der Waals surface area contributed by atoms with Crippen molar-refractivity contribution in [3.8, 4) is 0 Å². The molecule has 2 unspecified atom stereocenters. The Morgan fingerprint density at radius 3 is 1.02 bits per heavy atom. The second-order valence-electron chi connectivity index (χ2n) is 30.7. The third-order valence-electron chi connectivity index (χ3n) is 12.0. The highest BCUT2D eigenvalue weighted by Gasteiger charge is 2.40. The highest BCUT2D eigenvalue weighted by atomic mass is 31.2. The zero-order chi connectivity index (χ0) is 83.5. The minimum atomic E-state index is -2.68. The number of esters is 6. The van der Waals surface area contributed by atoms with E-state index in [2.05, 4.69) is 113 Å². The van der Waals surface area contributed by atoms with Gasteiger partial charge in [0.25, 0.3) is 0 Å². The molecule has 2 amide bonds. The lowest BCUT2D eigenvalue weighted by Crippen LogP contribution is -2.44. The summed E-state index contributed by atoms with van der Waals surface area (Å²) in [5.41, 5.74) is -2.29. The van der Waals surface area contributed by atoms with Crippen LogP contribution in [0, 0.1) is 0 Å².